The molecule has 0 spiro atoms. The van der Waals surface area contributed by atoms with E-state index in [4.69, 9.17) is 5.73 Å². The maximum atomic E-state index is 11.8. The van der Waals surface area contributed by atoms with Gasteiger partial charge in [0, 0.05) is 13.1 Å². The van der Waals surface area contributed by atoms with Gasteiger partial charge in [-0.15, -0.1) is 0 Å². The molecule has 88 valence electrons. The Kier molecular flexibility index (Phi) is 2.88. The lowest BCUT2D eigenvalue weighted by atomic mass is 10.0. The molecular formula is C10H15N3O2S. The van der Waals surface area contributed by atoms with Gasteiger partial charge in [-0.25, -0.2) is 4.72 Å². The van der Waals surface area contributed by atoms with E-state index in [1.54, 1.807) is 6.07 Å². The van der Waals surface area contributed by atoms with Crippen LogP contribution in [-0.4, -0.2) is 28.1 Å². The van der Waals surface area contributed by atoms with E-state index >= 15 is 0 Å². The van der Waals surface area contributed by atoms with Crippen molar-refractivity contribution in [1.82, 2.24) is 4.72 Å². The number of benzene rings is 1. The molecule has 3 N–H and O–H groups in total. The molecule has 16 heavy (non-hydrogen) atoms. The fraction of sp³-hybridized carbons (Fsp3) is 0.400. The first-order valence-electron chi connectivity index (χ1n) is 5.09. The van der Waals surface area contributed by atoms with Crippen molar-refractivity contribution in [3.05, 3.63) is 29.8 Å². The van der Waals surface area contributed by atoms with E-state index in [2.05, 4.69) is 4.72 Å². The van der Waals surface area contributed by atoms with Crippen molar-refractivity contribution in [2.45, 2.75) is 12.5 Å². The van der Waals surface area contributed by atoms with Crippen LogP contribution in [0.1, 0.15) is 5.56 Å². The molecule has 0 aromatic heterocycles. The van der Waals surface area contributed by atoms with Crippen LogP contribution in [0.2, 0.25) is 0 Å². The third kappa shape index (κ3) is 1.91. The summed E-state index contributed by atoms with van der Waals surface area (Å²) in [6, 6.07) is 7.27. The number of hydrogen-bond acceptors (Lipinski definition) is 3. The Morgan fingerprint density at radius 2 is 2.12 bits per heavy atom. The third-order valence-corrected chi connectivity index (χ3v) is 4.13. The molecule has 1 aromatic carbocycles. The summed E-state index contributed by atoms with van der Waals surface area (Å²) in [6.07, 6.45) is 0.714. The molecule has 0 aliphatic carbocycles. The highest BCUT2D eigenvalue weighted by Crippen LogP contribution is 2.27. The standard InChI is InChI=1S/C10H15N3O2S/c1-12-16(14,15)13-7-9(11)6-8-4-2-3-5-10(8)13/h2-5,9,12H,6-7,11H2,1H3. The molecule has 1 aromatic rings. The molecule has 0 amide bonds. The minimum Gasteiger partial charge on any atom is -0.326 e. The van der Waals surface area contributed by atoms with Gasteiger partial charge in [-0.05, 0) is 18.1 Å². The van der Waals surface area contributed by atoms with Crippen molar-refractivity contribution in [3.63, 3.8) is 0 Å². The summed E-state index contributed by atoms with van der Waals surface area (Å²) in [4.78, 5) is 0. The highest BCUT2D eigenvalue weighted by Gasteiger charge is 2.29. The van der Waals surface area contributed by atoms with Crippen LogP contribution in [-0.2, 0) is 16.6 Å². The van der Waals surface area contributed by atoms with Crippen LogP contribution >= 0.6 is 0 Å². The molecule has 0 saturated heterocycles. The Morgan fingerprint density at radius 1 is 1.44 bits per heavy atom. The fourth-order valence-corrected chi connectivity index (χ4v) is 2.97. The summed E-state index contributed by atoms with van der Waals surface area (Å²) < 4.78 is 27.3. The number of fused-ring (bicyclic) bond motifs is 1. The van der Waals surface area contributed by atoms with Gasteiger partial charge in [0.1, 0.15) is 0 Å². The SMILES string of the molecule is CNS(=O)(=O)N1CC(N)Cc2ccccc21. The molecule has 1 unspecified atom stereocenters. The molecule has 0 radical (unpaired) electrons. The number of para-hydroxylation sites is 1. The van der Waals surface area contributed by atoms with Gasteiger partial charge in [-0.2, -0.15) is 8.42 Å². The normalized spacial score (nSPS) is 20.6. The average molecular weight is 241 g/mol. The molecule has 0 saturated carbocycles. The summed E-state index contributed by atoms with van der Waals surface area (Å²) in [5.74, 6) is 0. The minimum absolute atomic E-state index is 0.155. The van der Waals surface area contributed by atoms with Gasteiger partial charge < -0.3 is 5.73 Å². The highest BCUT2D eigenvalue weighted by atomic mass is 32.2. The molecule has 1 heterocycles. The van der Waals surface area contributed by atoms with Crippen LogP contribution in [0, 0.1) is 0 Å². The topological polar surface area (TPSA) is 75.4 Å². The van der Waals surface area contributed by atoms with Crippen molar-refractivity contribution in [2.24, 2.45) is 5.73 Å². The number of nitrogens with two attached hydrogens (primary N) is 1. The number of rotatable bonds is 2. The first-order chi connectivity index (χ1) is 7.54. The van der Waals surface area contributed by atoms with Gasteiger partial charge >= 0.3 is 10.2 Å². The lowest BCUT2D eigenvalue weighted by Crippen LogP contribution is -2.49. The average Bonchev–Trinajstić information content (AvgIpc) is 2.28. The largest absolute Gasteiger partial charge is 0.326 e. The zero-order chi connectivity index (χ0) is 11.8. The summed E-state index contributed by atoms with van der Waals surface area (Å²) in [5.41, 5.74) is 7.55. The molecule has 1 aliphatic rings. The van der Waals surface area contributed by atoms with Crippen LogP contribution in [0.4, 0.5) is 5.69 Å². The van der Waals surface area contributed by atoms with Crippen LogP contribution in [0.25, 0.3) is 0 Å². The van der Waals surface area contributed by atoms with E-state index in [9.17, 15) is 8.42 Å². The fourth-order valence-electron chi connectivity index (χ4n) is 1.92. The van der Waals surface area contributed by atoms with Gasteiger partial charge in [0.2, 0.25) is 0 Å². The Hall–Kier alpha value is -1.11. The molecule has 0 fully saturated rings. The molecular weight excluding hydrogens is 226 g/mol. The Labute approximate surface area is 95.4 Å². The predicted molar refractivity (Wildman–Crippen MR) is 63.4 cm³/mol. The number of hydrogen-bond donors (Lipinski definition) is 2. The van der Waals surface area contributed by atoms with E-state index in [1.165, 1.54) is 11.4 Å². The van der Waals surface area contributed by atoms with Gasteiger partial charge in [0.05, 0.1) is 12.2 Å². The summed E-state index contributed by atoms with van der Waals surface area (Å²) >= 11 is 0. The summed E-state index contributed by atoms with van der Waals surface area (Å²) in [7, 11) is -2.06. The van der Waals surface area contributed by atoms with Crippen molar-refractivity contribution < 1.29 is 8.42 Å². The number of nitrogens with one attached hydrogen (secondary N) is 1. The molecule has 5 nitrogen and oxygen atoms in total. The molecule has 1 atom stereocenters. The Morgan fingerprint density at radius 3 is 2.81 bits per heavy atom. The first-order valence-corrected chi connectivity index (χ1v) is 6.53. The second kappa shape index (κ2) is 4.04. The molecule has 2 rings (SSSR count). The maximum Gasteiger partial charge on any atom is 0.301 e. The van der Waals surface area contributed by atoms with Crippen LogP contribution < -0.4 is 14.8 Å². The van der Waals surface area contributed by atoms with Crippen LogP contribution in [0.15, 0.2) is 24.3 Å². The van der Waals surface area contributed by atoms with E-state index in [0.717, 1.165) is 11.3 Å². The summed E-state index contributed by atoms with van der Waals surface area (Å²) in [5, 5.41) is 0. The Bertz CT molecular complexity index is 487. The Balaban J connectivity index is 2.49. The zero-order valence-electron chi connectivity index (χ0n) is 9.05. The summed E-state index contributed by atoms with van der Waals surface area (Å²) in [6.45, 7) is 0.320. The zero-order valence-corrected chi connectivity index (χ0v) is 9.87. The first kappa shape index (κ1) is 11.4. The van der Waals surface area contributed by atoms with Crippen molar-refractivity contribution in [2.75, 3.05) is 17.9 Å². The van der Waals surface area contributed by atoms with Crippen LogP contribution in [0.3, 0.4) is 0 Å². The number of nitrogens with zero attached hydrogens (tertiary/aromatic N) is 1. The van der Waals surface area contributed by atoms with E-state index in [0.29, 0.717) is 13.0 Å². The lowest BCUT2D eigenvalue weighted by molar-refractivity contribution is 0.568. The van der Waals surface area contributed by atoms with Crippen LogP contribution in [0.5, 0.6) is 0 Å². The molecule has 1 aliphatic heterocycles. The smallest absolute Gasteiger partial charge is 0.301 e. The predicted octanol–water partition coefficient (Wildman–Crippen LogP) is -0.159. The van der Waals surface area contributed by atoms with Gasteiger partial charge in [-0.3, -0.25) is 4.31 Å². The molecule has 0 bridgehead atoms. The van der Waals surface area contributed by atoms with Crippen molar-refractivity contribution in [1.29, 1.82) is 0 Å². The van der Waals surface area contributed by atoms with E-state index in [-0.39, 0.29) is 6.04 Å². The second-order valence-corrected chi connectivity index (χ2v) is 5.63. The molecule has 6 heteroatoms. The van der Waals surface area contributed by atoms with Gasteiger partial charge in [0.15, 0.2) is 0 Å². The number of anilines is 1. The monoisotopic (exact) mass is 241 g/mol. The quantitative estimate of drug-likeness (QED) is 0.755. The lowest BCUT2D eigenvalue weighted by Gasteiger charge is -2.33. The van der Waals surface area contributed by atoms with Gasteiger partial charge in [-0.1, -0.05) is 18.2 Å². The second-order valence-electron chi connectivity index (χ2n) is 3.83. The maximum absolute atomic E-state index is 11.8. The van der Waals surface area contributed by atoms with E-state index < -0.39 is 10.2 Å². The van der Waals surface area contributed by atoms with E-state index in [1.807, 2.05) is 18.2 Å². The highest BCUT2D eigenvalue weighted by molar-refractivity contribution is 7.90. The van der Waals surface area contributed by atoms with Gasteiger partial charge in [0.25, 0.3) is 0 Å². The van der Waals surface area contributed by atoms with Crippen molar-refractivity contribution >= 4 is 15.9 Å². The third-order valence-electron chi connectivity index (χ3n) is 2.69. The minimum atomic E-state index is -3.46. The van der Waals surface area contributed by atoms with Crippen molar-refractivity contribution in [3.8, 4) is 0 Å².